The molecule has 11 nitrogen and oxygen atoms in total. The molecule has 3 aliphatic carbocycles. The van der Waals surface area contributed by atoms with Crippen molar-refractivity contribution in [2.24, 2.45) is 35.5 Å². The number of cyclic esters (lactones) is 1. The van der Waals surface area contributed by atoms with E-state index < -0.39 is 24.6 Å². The van der Waals surface area contributed by atoms with Crippen LogP contribution in [0.1, 0.15) is 85.5 Å². The highest BCUT2D eigenvalue weighted by molar-refractivity contribution is 5.99. The summed E-state index contributed by atoms with van der Waals surface area (Å²) >= 11 is 0. The maximum absolute atomic E-state index is 14.6. The topological polar surface area (TPSA) is 122 Å². The molecular formula is C40H63NO10. The summed E-state index contributed by atoms with van der Waals surface area (Å²) < 4.78 is 42.8. The number of rotatable bonds is 8. The summed E-state index contributed by atoms with van der Waals surface area (Å²) in [6.07, 6.45) is 9.18. The van der Waals surface area contributed by atoms with E-state index in [9.17, 15) is 14.7 Å². The Balaban J connectivity index is 1.20. The maximum Gasteiger partial charge on any atom is 0.306 e. The normalized spacial score (nSPS) is 46.4. The van der Waals surface area contributed by atoms with Crippen LogP contribution in [0.15, 0.2) is 23.8 Å². The van der Waals surface area contributed by atoms with Crippen molar-refractivity contribution in [1.29, 1.82) is 0 Å². The van der Waals surface area contributed by atoms with Crippen molar-refractivity contribution in [3.63, 3.8) is 0 Å². The van der Waals surface area contributed by atoms with Crippen molar-refractivity contribution in [2.45, 2.75) is 153 Å². The number of methoxy groups -OCH3 is 2. The van der Waals surface area contributed by atoms with Crippen LogP contribution in [0.5, 0.6) is 0 Å². The number of fused-ring (bicyclic) bond motifs is 5. The van der Waals surface area contributed by atoms with Crippen LogP contribution in [0.25, 0.3) is 0 Å². The Morgan fingerprint density at radius 3 is 2.35 bits per heavy atom. The van der Waals surface area contributed by atoms with Gasteiger partial charge >= 0.3 is 5.97 Å². The number of aliphatic hydroxyl groups is 1. The molecule has 6 rings (SSSR count). The van der Waals surface area contributed by atoms with Gasteiger partial charge in [0.05, 0.1) is 30.8 Å². The lowest BCUT2D eigenvalue weighted by Crippen LogP contribution is -2.59. The van der Waals surface area contributed by atoms with Crippen molar-refractivity contribution < 1.29 is 47.9 Å². The van der Waals surface area contributed by atoms with Crippen molar-refractivity contribution in [1.82, 2.24) is 4.90 Å². The molecule has 17 atom stereocenters. The van der Waals surface area contributed by atoms with Crippen molar-refractivity contribution in [3.05, 3.63) is 23.8 Å². The fourth-order valence-corrected chi connectivity index (χ4v) is 10.2. The number of nitrogens with zero attached hydrogens (tertiary/aromatic N) is 1. The lowest BCUT2D eigenvalue weighted by molar-refractivity contribution is -0.310. The first-order chi connectivity index (χ1) is 24.4. The Bertz CT molecular complexity index is 1270. The van der Waals surface area contributed by atoms with E-state index in [0.29, 0.717) is 12.5 Å². The van der Waals surface area contributed by atoms with Crippen LogP contribution in [0.2, 0.25) is 0 Å². The minimum Gasteiger partial charge on any atom is -0.462 e. The smallest absolute Gasteiger partial charge is 0.306 e. The molecule has 3 heterocycles. The zero-order chi connectivity index (χ0) is 36.6. The van der Waals surface area contributed by atoms with Gasteiger partial charge in [-0.25, -0.2) is 0 Å². The fraction of sp³-hybridized carbons (Fsp3) is 0.850. The zero-order valence-corrected chi connectivity index (χ0v) is 32.0. The van der Waals surface area contributed by atoms with Gasteiger partial charge in [0.15, 0.2) is 18.4 Å². The largest absolute Gasteiger partial charge is 0.462 e. The molecule has 0 aromatic carbocycles. The first kappa shape index (κ1) is 39.0. The molecule has 0 aromatic heterocycles. The third-order valence-electron chi connectivity index (χ3n) is 13.0. The number of carbonyl (C=O) groups excluding carboxylic acids is 2. The van der Waals surface area contributed by atoms with E-state index in [4.69, 9.17) is 33.2 Å². The van der Waals surface area contributed by atoms with Gasteiger partial charge in [0.2, 0.25) is 0 Å². The summed E-state index contributed by atoms with van der Waals surface area (Å²) in [5.74, 6) is -0.183. The lowest BCUT2D eigenvalue weighted by atomic mass is 9.70. The SMILES string of the molecule is CC[C@H]1CCC[C@H](O[C@H]2CC[C@H](N(C)C)[C@@H](C)O2)[C@@H](C)C(=O)C2=C[C@@H]3[C@@H](C=C[C@@H]4C[C@@H](O[C@@H]5O[C@@H](C)[C@H](OC)[C@@H](OC)[C@H]5O)C[C@@H]34)[C@@H]2CC(=O)O1. The molecule has 51 heavy (non-hydrogen) atoms. The van der Waals surface area contributed by atoms with E-state index >= 15 is 0 Å². The van der Waals surface area contributed by atoms with Gasteiger partial charge in [-0.05, 0) is 109 Å². The first-order valence-corrected chi connectivity index (χ1v) is 19.6. The first-order valence-electron chi connectivity index (χ1n) is 19.6. The molecular weight excluding hydrogens is 654 g/mol. The number of carbonyl (C=O) groups is 2. The van der Waals surface area contributed by atoms with Gasteiger partial charge in [0.1, 0.15) is 24.4 Å². The minimum absolute atomic E-state index is 0.0217. The molecule has 1 N–H and O–H groups in total. The second kappa shape index (κ2) is 16.8. The van der Waals surface area contributed by atoms with E-state index in [1.54, 1.807) is 14.2 Å². The van der Waals surface area contributed by atoms with E-state index in [1.807, 2.05) is 13.8 Å². The Morgan fingerprint density at radius 2 is 1.67 bits per heavy atom. The summed E-state index contributed by atoms with van der Waals surface area (Å²) in [6.45, 7) is 8.06. The highest BCUT2D eigenvalue weighted by Crippen LogP contribution is 2.54. The van der Waals surface area contributed by atoms with Gasteiger partial charge in [0.25, 0.3) is 0 Å². The Labute approximate surface area is 304 Å². The van der Waals surface area contributed by atoms with Crippen LogP contribution < -0.4 is 0 Å². The average Bonchev–Trinajstić information content (AvgIpc) is 3.68. The maximum atomic E-state index is 14.6. The number of likely N-dealkylation sites (N-methyl/N-ethyl adjacent to an activating group) is 1. The van der Waals surface area contributed by atoms with Gasteiger partial charge in [0, 0.05) is 32.1 Å². The molecule has 0 aromatic rings. The van der Waals surface area contributed by atoms with E-state index in [2.05, 4.69) is 51.1 Å². The third-order valence-corrected chi connectivity index (χ3v) is 13.0. The number of Topliss-reactive ketones (excluding diaryl/α,β-unsaturated/α-hetero) is 1. The van der Waals surface area contributed by atoms with Gasteiger partial charge in [-0.3, -0.25) is 9.59 Å². The highest BCUT2D eigenvalue weighted by atomic mass is 16.7. The molecule has 11 heteroatoms. The predicted octanol–water partition coefficient (Wildman–Crippen LogP) is 4.83. The quantitative estimate of drug-likeness (QED) is 0.275. The van der Waals surface area contributed by atoms with Crippen LogP contribution in [0.3, 0.4) is 0 Å². The summed E-state index contributed by atoms with van der Waals surface area (Å²) in [5, 5.41) is 11.1. The number of allylic oxidation sites excluding steroid dienone is 4. The van der Waals surface area contributed by atoms with Crippen LogP contribution in [0.4, 0.5) is 0 Å². The number of hydrogen-bond donors (Lipinski definition) is 1. The zero-order valence-electron chi connectivity index (χ0n) is 32.0. The van der Waals surface area contributed by atoms with Gasteiger partial charge < -0.3 is 43.2 Å². The summed E-state index contributed by atoms with van der Waals surface area (Å²) in [4.78, 5) is 30.3. The third kappa shape index (κ3) is 8.21. The lowest BCUT2D eigenvalue weighted by Gasteiger charge is -2.42. The number of aliphatic hydroxyl groups excluding tert-OH is 1. The van der Waals surface area contributed by atoms with Crippen molar-refractivity contribution >= 4 is 11.8 Å². The molecule has 0 bridgehead atoms. The van der Waals surface area contributed by atoms with Crippen LogP contribution in [-0.2, 0) is 42.7 Å². The standard InChI is InChI=1S/C40H63NO10/c1-9-25-11-10-12-33(51-35-16-15-32(41(5)6)22(3)47-35)21(2)36(43)31-19-29-27(30(31)20-34(42)49-25)14-13-24-17-26(18-28(24)29)50-40-37(44)39(46-8)38(45-7)23(4)48-40/h13-14,19,21-30,32-33,35,37-40,44H,9-12,15-18,20H2,1-8H3/t21-,22-,23+,24-,25+,26-,27-,28-,29-,30+,32+,33+,35+,37-,38+,39+,40+/m1/s1. The Kier molecular flexibility index (Phi) is 12.8. The molecule has 3 saturated heterocycles. The average molecular weight is 718 g/mol. The van der Waals surface area contributed by atoms with Crippen LogP contribution in [0, 0.1) is 35.5 Å². The highest BCUT2D eigenvalue weighted by Gasteiger charge is 2.52. The van der Waals surface area contributed by atoms with Gasteiger partial charge in [-0.2, -0.15) is 0 Å². The molecule has 0 spiro atoms. The Morgan fingerprint density at radius 1 is 0.902 bits per heavy atom. The molecule has 1 saturated carbocycles. The van der Waals surface area contributed by atoms with Crippen LogP contribution in [-0.4, -0.2) is 118 Å². The second-order valence-corrected chi connectivity index (χ2v) is 16.3. The minimum atomic E-state index is -0.990. The van der Waals surface area contributed by atoms with Crippen molar-refractivity contribution in [3.8, 4) is 0 Å². The summed E-state index contributed by atoms with van der Waals surface area (Å²) in [5.41, 5.74) is 0.741. The van der Waals surface area contributed by atoms with E-state index in [0.717, 1.165) is 50.5 Å². The number of hydrogen-bond acceptors (Lipinski definition) is 11. The fourth-order valence-electron chi connectivity index (χ4n) is 10.2. The second-order valence-electron chi connectivity index (χ2n) is 16.3. The molecule has 0 amide bonds. The van der Waals surface area contributed by atoms with Gasteiger partial charge in [-0.1, -0.05) is 32.1 Å². The van der Waals surface area contributed by atoms with Crippen LogP contribution >= 0.6 is 0 Å². The number of ether oxygens (including phenoxy) is 7. The Hall–Kier alpha value is -1.70. The van der Waals surface area contributed by atoms with Crippen molar-refractivity contribution in [2.75, 3.05) is 28.3 Å². The number of ketones is 1. The molecule has 0 radical (unpaired) electrons. The van der Waals surface area contributed by atoms with E-state index in [-0.39, 0.29) is 90.5 Å². The van der Waals surface area contributed by atoms with E-state index in [1.165, 1.54) is 0 Å². The monoisotopic (exact) mass is 717 g/mol. The van der Waals surface area contributed by atoms with Gasteiger partial charge in [-0.15, -0.1) is 0 Å². The summed E-state index contributed by atoms with van der Waals surface area (Å²) in [6, 6.07) is 0.333. The molecule has 288 valence electrons. The molecule has 4 fully saturated rings. The number of esters is 1. The predicted molar refractivity (Wildman–Crippen MR) is 189 cm³/mol. The summed E-state index contributed by atoms with van der Waals surface area (Å²) in [7, 11) is 7.32. The molecule has 3 aliphatic heterocycles. The molecule has 0 unspecified atom stereocenters. The molecule has 6 aliphatic rings.